The highest BCUT2D eigenvalue weighted by Gasteiger charge is 2.30. The molecule has 0 spiro atoms. The van der Waals surface area contributed by atoms with Gasteiger partial charge in [-0.3, -0.25) is 0 Å². The van der Waals surface area contributed by atoms with Crippen molar-refractivity contribution in [2.45, 2.75) is 11.8 Å². The summed E-state index contributed by atoms with van der Waals surface area (Å²) in [4.78, 5) is 1.99. The van der Waals surface area contributed by atoms with Gasteiger partial charge in [0.2, 0.25) is 10.0 Å². The van der Waals surface area contributed by atoms with Crippen LogP contribution in [0, 0.1) is 12.7 Å². The van der Waals surface area contributed by atoms with Crippen LogP contribution in [0.4, 0.5) is 10.2 Å². The average molecular weight is 402 g/mol. The van der Waals surface area contributed by atoms with Gasteiger partial charge in [-0.05, 0) is 42.8 Å². The van der Waals surface area contributed by atoms with Crippen LogP contribution >= 0.6 is 0 Å². The third-order valence-corrected chi connectivity index (χ3v) is 6.75. The van der Waals surface area contributed by atoms with E-state index in [-0.39, 0.29) is 4.90 Å². The van der Waals surface area contributed by atoms with Crippen LogP contribution in [-0.2, 0) is 10.0 Å². The van der Waals surface area contributed by atoms with Crippen LogP contribution in [0.5, 0.6) is 0 Å². The van der Waals surface area contributed by atoms with Crippen molar-refractivity contribution in [1.29, 1.82) is 0 Å². The molecule has 28 heavy (non-hydrogen) atoms. The zero-order valence-corrected chi connectivity index (χ0v) is 16.0. The Bertz CT molecular complexity index is 1060. The van der Waals surface area contributed by atoms with Crippen molar-refractivity contribution in [3.05, 3.63) is 60.2 Å². The van der Waals surface area contributed by atoms with Gasteiger partial charge in [-0.25, -0.2) is 17.5 Å². The van der Waals surface area contributed by atoms with Gasteiger partial charge >= 0.3 is 0 Å². The zero-order chi connectivity index (χ0) is 19.7. The summed E-state index contributed by atoms with van der Waals surface area (Å²) in [5, 5.41) is 12.5. The Balaban J connectivity index is 1.46. The lowest BCUT2D eigenvalue weighted by molar-refractivity contribution is 0.383. The molecular formula is C18H19FN6O2S. The van der Waals surface area contributed by atoms with E-state index in [1.54, 1.807) is 30.1 Å². The van der Waals surface area contributed by atoms with Gasteiger partial charge in [-0.1, -0.05) is 6.07 Å². The van der Waals surface area contributed by atoms with Crippen LogP contribution in [-0.4, -0.2) is 58.9 Å². The van der Waals surface area contributed by atoms with Crippen molar-refractivity contribution < 1.29 is 12.8 Å². The molecule has 0 unspecified atom stereocenters. The number of rotatable bonds is 4. The lowest BCUT2D eigenvalue weighted by Crippen LogP contribution is -2.49. The Morgan fingerprint density at radius 2 is 1.71 bits per heavy atom. The first kappa shape index (κ1) is 18.5. The van der Waals surface area contributed by atoms with Crippen molar-refractivity contribution in [2.24, 2.45) is 0 Å². The maximum absolute atomic E-state index is 13.6. The molecule has 1 aliphatic rings. The van der Waals surface area contributed by atoms with Gasteiger partial charge < -0.3 is 4.90 Å². The largest absolute Gasteiger partial charge is 0.352 e. The molecule has 0 saturated carbocycles. The van der Waals surface area contributed by atoms with E-state index in [4.69, 9.17) is 0 Å². The molecule has 1 fully saturated rings. The number of anilines is 1. The number of sulfonamides is 1. The molecule has 1 aliphatic heterocycles. The van der Waals surface area contributed by atoms with Gasteiger partial charge in [-0.15, -0.1) is 10.2 Å². The standard InChI is InChI=1S/C18H19FN6O2S/c1-14-3-4-15(19)13-16(14)28(26,27)24-11-9-23(10-12-24)17-5-6-18(22-21-17)25-8-2-7-20-25/h2-8,13H,9-12H2,1H3. The summed E-state index contributed by atoms with van der Waals surface area (Å²) >= 11 is 0. The van der Waals surface area contributed by atoms with Gasteiger partial charge in [0.1, 0.15) is 5.82 Å². The van der Waals surface area contributed by atoms with Crippen LogP contribution in [0.15, 0.2) is 53.7 Å². The number of nitrogens with zero attached hydrogens (tertiary/aromatic N) is 6. The Morgan fingerprint density at radius 3 is 2.36 bits per heavy atom. The summed E-state index contributed by atoms with van der Waals surface area (Å²) in [5.41, 5.74) is 0.531. The Labute approximate surface area is 162 Å². The van der Waals surface area contributed by atoms with Crippen LogP contribution in [0.3, 0.4) is 0 Å². The fourth-order valence-electron chi connectivity index (χ4n) is 3.16. The molecule has 8 nitrogen and oxygen atoms in total. The molecule has 0 amide bonds. The second-order valence-corrected chi connectivity index (χ2v) is 8.41. The van der Waals surface area contributed by atoms with Crippen molar-refractivity contribution in [1.82, 2.24) is 24.3 Å². The van der Waals surface area contributed by atoms with Crippen molar-refractivity contribution >= 4 is 15.8 Å². The molecular weight excluding hydrogens is 383 g/mol. The summed E-state index contributed by atoms with van der Waals surface area (Å²) in [7, 11) is -3.74. The molecule has 0 aliphatic carbocycles. The average Bonchev–Trinajstić information content (AvgIpc) is 3.25. The van der Waals surface area contributed by atoms with E-state index in [1.807, 2.05) is 17.0 Å². The zero-order valence-electron chi connectivity index (χ0n) is 15.2. The minimum absolute atomic E-state index is 0.0179. The molecule has 0 atom stereocenters. The Morgan fingerprint density at radius 1 is 1.00 bits per heavy atom. The number of halogens is 1. The van der Waals surface area contributed by atoms with E-state index in [2.05, 4.69) is 15.3 Å². The Hall–Kier alpha value is -2.85. The van der Waals surface area contributed by atoms with E-state index in [1.165, 1.54) is 16.4 Å². The molecule has 3 aromatic rings. The second kappa shape index (κ2) is 7.28. The van der Waals surface area contributed by atoms with Crippen molar-refractivity contribution in [3.63, 3.8) is 0 Å². The first-order valence-corrected chi connectivity index (χ1v) is 10.2. The van der Waals surface area contributed by atoms with Gasteiger partial charge in [-0.2, -0.15) is 9.40 Å². The monoisotopic (exact) mass is 402 g/mol. The minimum atomic E-state index is -3.74. The van der Waals surface area contributed by atoms with Crippen LogP contribution in [0.2, 0.25) is 0 Å². The van der Waals surface area contributed by atoms with E-state index in [0.29, 0.717) is 43.4 Å². The molecule has 10 heteroatoms. The smallest absolute Gasteiger partial charge is 0.243 e. The summed E-state index contributed by atoms with van der Waals surface area (Å²) in [6, 6.07) is 9.28. The number of hydrogen-bond acceptors (Lipinski definition) is 6. The number of piperazine rings is 1. The molecule has 1 aromatic carbocycles. The summed E-state index contributed by atoms with van der Waals surface area (Å²) < 4.78 is 42.3. The van der Waals surface area contributed by atoms with Crippen molar-refractivity contribution in [2.75, 3.05) is 31.1 Å². The van der Waals surface area contributed by atoms with Gasteiger partial charge in [0.25, 0.3) is 0 Å². The molecule has 2 aromatic heterocycles. The molecule has 0 bridgehead atoms. The highest BCUT2D eigenvalue weighted by atomic mass is 32.2. The highest BCUT2D eigenvalue weighted by Crippen LogP contribution is 2.23. The lowest BCUT2D eigenvalue weighted by atomic mass is 10.2. The van der Waals surface area contributed by atoms with Crippen molar-refractivity contribution in [3.8, 4) is 5.82 Å². The normalized spacial score (nSPS) is 15.7. The minimum Gasteiger partial charge on any atom is -0.352 e. The van der Waals surface area contributed by atoms with Gasteiger partial charge in [0, 0.05) is 38.6 Å². The predicted molar refractivity (Wildman–Crippen MR) is 101 cm³/mol. The Kier molecular flexibility index (Phi) is 4.82. The highest BCUT2D eigenvalue weighted by molar-refractivity contribution is 7.89. The molecule has 4 rings (SSSR count). The summed E-state index contributed by atoms with van der Waals surface area (Å²) in [6.07, 6.45) is 3.44. The topological polar surface area (TPSA) is 84.2 Å². The quantitative estimate of drug-likeness (QED) is 0.659. The van der Waals surface area contributed by atoms with E-state index in [9.17, 15) is 12.8 Å². The third-order valence-electron chi connectivity index (χ3n) is 4.71. The van der Waals surface area contributed by atoms with Crippen LogP contribution in [0.25, 0.3) is 5.82 Å². The number of hydrogen-bond donors (Lipinski definition) is 0. The summed E-state index contributed by atoms with van der Waals surface area (Å²) in [6.45, 7) is 3.20. The molecule has 146 valence electrons. The molecule has 3 heterocycles. The van der Waals surface area contributed by atoms with E-state index >= 15 is 0 Å². The van der Waals surface area contributed by atoms with Crippen LogP contribution in [0.1, 0.15) is 5.56 Å². The molecule has 0 N–H and O–H groups in total. The molecule has 1 saturated heterocycles. The number of benzene rings is 1. The first-order chi connectivity index (χ1) is 13.4. The number of aryl methyl sites for hydroxylation is 1. The van der Waals surface area contributed by atoms with Crippen LogP contribution < -0.4 is 4.90 Å². The first-order valence-electron chi connectivity index (χ1n) is 8.80. The van der Waals surface area contributed by atoms with Gasteiger partial charge in [0.05, 0.1) is 4.90 Å². The number of aromatic nitrogens is 4. The second-order valence-electron chi connectivity index (χ2n) is 6.50. The summed E-state index contributed by atoms with van der Waals surface area (Å²) in [5.74, 6) is 0.724. The maximum atomic E-state index is 13.6. The SMILES string of the molecule is Cc1ccc(F)cc1S(=O)(=O)N1CCN(c2ccc(-n3cccn3)nn2)CC1. The van der Waals surface area contributed by atoms with E-state index < -0.39 is 15.8 Å². The van der Waals surface area contributed by atoms with Gasteiger partial charge in [0.15, 0.2) is 11.6 Å². The predicted octanol–water partition coefficient (Wildman–Crippen LogP) is 1.62. The fraction of sp³-hybridized carbons (Fsp3) is 0.278. The van der Waals surface area contributed by atoms with E-state index in [0.717, 1.165) is 6.07 Å². The third kappa shape index (κ3) is 3.48. The molecule has 0 radical (unpaired) electrons. The fourth-order valence-corrected chi connectivity index (χ4v) is 4.82. The maximum Gasteiger partial charge on any atom is 0.243 e. The lowest BCUT2D eigenvalue weighted by Gasteiger charge is -2.34.